The predicted octanol–water partition coefficient (Wildman–Crippen LogP) is 4.07. The molecule has 0 atom stereocenters. The monoisotopic (exact) mass is 484 g/mol. The van der Waals surface area contributed by atoms with Gasteiger partial charge in [-0.15, -0.1) is 0 Å². The summed E-state index contributed by atoms with van der Waals surface area (Å²) >= 11 is 6.84. The molecule has 0 aliphatic rings. The lowest BCUT2D eigenvalue weighted by atomic mass is 10.2. The highest BCUT2D eigenvalue weighted by atomic mass is 79.9. The van der Waals surface area contributed by atoms with Gasteiger partial charge in [0.2, 0.25) is 0 Å². The van der Waals surface area contributed by atoms with Gasteiger partial charge in [0, 0.05) is 11.6 Å². The van der Waals surface area contributed by atoms with E-state index in [-0.39, 0.29) is 12.5 Å². The number of hydrazone groups is 1. The lowest BCUT2D eigenvalue weighted by Crippen LogP contribution is -2.24. The molecule has 0 spiro atoms. The number of halogens is 2. The molecule has 0 aliphatic heterocycles. The average Bonchev–Trinajstić information content (AvgIpc) is 2.61. The van der Waals surface area contributed by atoms with Gasteiger partial charge in [-0.1, -0.05) is 0 Å². The summed E-state index contributed by atoms with van der Waals surface area (Å²) in [4.78, 5) is 11.9. The molecule has 138 valence electrons. The smallest absolute Gasteiger partial charge is 0.277 e. The number of rotatable bonds is 7. The zero-order valence-corrected chi connectivity index (χ0v) is 17.7. The first-order chi connectivity index (χ1) is 12.4. The van der Waals surface area contributed by atoms with E-state index in [0.29, 0.717) is 22.8 Å². The Balaban J connectivity index is 1.94. The maximum absolute atomic E-state index is 11.9. The Morgan fingerprint density at radius 2 is 1.85 bits per heavy atom. The first-order valence-electron chi connectivity index (χ1n) is 7.57. The third kappa shape index (κ3) is 5.47. The molecule has 0 bridgehead atoms. The molecule has 6 nitrogen and oxygen atoms in total. The maximum atomic E-state index is 11.9. The van der Waals surface area contributed by atoms with Gasteiger partial charge >= 0.3 is 0 Å². The number of nitrogens with one attached hydrogen (secondary N) is 1. The van der Waals surface area contributed by atoms with Crippen molar-refractivity contribution in [1.29, 1.82) is 0 Å². The predicted molar refractivity (Wildman–Crippen MR) is 107 cm³/mol. The highest BCUT2D eigenvalue weighted by Gasteiger charge is 2.10. The summed E-state index contributed by atoms with van der Waals surface area (Å²) in [5.74, 6) is 1.44. The zero-order chi connectivity index (χ0) is 19.1. The van der Waals surface area contributed by atoms with Crippen molar-refractivity contribution in [3.8, 4) is 17.2 Å². The van der Waals surface area contributed by atoms with Crippen molar-refractivity contribution in [3.63, 3.8) is 0 Å². The number of carbonyl (C=O) groups excluding carboxylic acids is 1. The van der Waals surface area contributed by atoms with Gasteiger partial charge in [0.15, 0.2) is 6.61 Å². The molecule has 0 unspecified atom stereocenters. The standard InChI is InChI=1S/C18H18Br2N2O4/c1-11-6-14(19)18(15(20)7-11)26-10-17(23)22-21-9-12-4-5-13(24-2)8-16(12)25-3/h4-9H,10H2,1-3H3,(H,22,23)/b21-9-. The average molecular weight is 486 g/mol. The fourth-order valence-electron chi connectivity index (χ4n) is 2.09. The molecule has 1 amide bonds. The Labute approximate surface area is 168 Å². The molecule has 2 aromatic rings. The van der Waals surface area contributed by atoms with Crippen molar-refractivity contribution in [2.75, 3.05) is 20.8 Å². The lowest BCUT2D eigenvalue weighted by Gasteiger charge is -2.10. The SMILES string of the molecule is COc1ccc(/C=N\NC(=O)COc2c(Br)cc(C)cc2Br)c(OC)c1. The van der Waals surface area contributed by atoms with Crippen molar-refractivity contribution >= 4 is 44.0 Å². The summed E-state index contributed by atoms with van der Waals surface area (Å²) in [6.07, 6.45) is 1.49. The molecule has 2 rings (SSSR count). The van der Waals surface area contributed by atoms with E-state index in [2.05, 4.69) is 42.4 Å². The number of hydrogen-bond donors (Lipinski definition) is 1. The number of aryl methyl sites for hydroxylation is 1. The summed E-state index contributed by atoms with van der Waals surface area (Å²) in [6, 6.07) is 9.11. The van der Waals surface area contributed by atoms with Crippen LogP contribution in [0.3, 0.4) is 0 Å². The fourth-order valence-corrected chi connectivity index (χ4v) is 3.74. The van der Waals surface area contributed by atoms with Crippen LogP contribution in [0.25, 0.3) is 0 Å². The Kier molecular flexibility index (Phi) is 7.47. The third-order valence-electron chi connectivity index (χ3n) is 3.32. The molecule has 0 heterocycles. The van der Waals surface area contributed by atoms with E-state index in [1.165, 1.54) is 6.21 Å². The van der Waals surface area contributed by atoms with Crippen LogP contribution in [0.5, 0.6) is 17.2 Å². The van der Waals surface area contributed by atoms with Crippen LogP contribution < -0.4 is 19.6 Å². The van der Waals surface area contributed by atoms with Crippen molar-refractivity contribution in [2.45, 2.75) is 6.92 Å². The van der Waals surface area contributed by atoms with Crippen molar-refractivity contribution in [2.24, 2.45) is 5.10 Å². The van der Waals surface area contributed by atoms with E-state index in [1.807, 2.05) is 19.1 Å². The first kappa shape index (κ1) is 20.3. The van der Waals surface area contributed by atoms with E-state index in [9.17, 15) is 4.79 Å². The fraction of sp³-hybridized carbons (Fsp3) is 0.222. The van der Waals surface area contributed by atoms with Crippen molar-refractivity contribution in [3.05, 3.63) is 50.4 Å². The van der Waals surface area contributed by atoms with Crippen LogP contribution in [-0.2, 0) is 4.79 Å². The second-order valence-electron chi connectivity index (χ2n) is 5.25. The summed E-state index contributed by atoms with van der Waals surface area (Å²) in [5, 5.41) is 3.93. The number of nitrogens with zero attached hydrogens (tertiary/aromatic N) is 1. The van der Waals surface area contributed by atoms with Crippen molar-refractivity contribution in [1.82, 2.24) is 5.43 Å². The number of ether oxygens (including phenoxy) is 3. The quantitative estimate of drug-likeness (QED) is 0.474. The first-order valence-corrected chi connectivity index (χ1v) is 9.15. The summed E-state index contributed by atoms with van der Waals surface area (Å²) in [5.41, 5.74) is 4.19. The number of benzene rings is 2. The summed E-state index contributed by atoms with van der Waals surface area (Å²) < 4.78 is 17.5. The number of methoxy groups -OCH3 is 2. The van der Waals surface area contributed by atoms with Crippen LogP contribution in [0.1, 0.15) is 11.1 Å². The number of carbonyl (C=O) groups is 1. The van der Waals surface area contributed by atoms with Crippen LogP contribution in [0.4, 0.5) is 0 Å². The minimum absolute atomic E-state index is 0.169. The summed E-state index contributed by atoms with van der Waals surface area (Å²) in [6.45, 7) is 1.80. The Morgan fingerprint density at radius 1 is 1.15 bits per heavy atom. The van der Waals surface area contributed by atoms with Gasteiger partial charge in [-0.3, -0.25) is 4.79 Å². The Morgan fingerprint density at radius 3 is 2.46 bits per heavy atom. The molecule has 0 saturated heterocycles. The zero-order valence-electron chi connectivity index (χ0n) is 14.5. The normalized spacial score (nSPS) is 10.7. The Bertz CT molecular complexity index is 802. The molecule has 0 aromatic heterocycles. The molecule has 0 saturated carbocycles. The maximum Gasteiger partial charge on any atom is 0.277 e. The second kappa shape index (κ2) is 9.59. The van der Waals surface area contributed by atoms with Crippen LogP contribution in [0, 0.1) is 6.92 Å². The molecule has 26 heavy (non-hydrogen) atoms. The minimum atomic E-state index is -0.381. The second-order valence-corrected chi connectivity index (χ2v) is 6.96. The van der Waals surface area contributed by atoms with E-state index in [0.717, 1.165) is 14.5 Å². The highest BCUT2D eigenvalue weighted by molar-refractivity contribution is 9.11. The van der Waals surface area contributed by atoms with Gasteiger partial charge in [0.05, 0.1) is 29.4 Å². The van der Waals surface area contributed by atoms with Gasteiger partial charge in [0.1, 0.15) is 17.2 Å². The van der Waals surface area contributed by atoms with E-state index < -0.39 is 0 Å². The molecular formula is C18H18Br2N2O4. The number of hydrogen-bond acceptors (Lipinski definition) is 5. The molecule has 0 fully saturated rings. The van der Waals surface area contributed by atoms with E-state index >= 15 is 0 Å². The molecule has 1 N–H and O–H groups in total. The van der Waals surface area contributed by atoms with E-state index in [4.69, 9.17) is 14.2 Å². The third-order valence-corrected chi connectivity index (χ3v) is 4.50. The van der Waals surface area contributed by atoms with Gasteiger partial charge in [-0.05, 0) is 68.6 Å². The Hall–Kier alpha value is -2.06. The van der Waals surface area contributed by atoms with Crippen molar-refractivity contribution < 1.29 is 19.0 Å². The molecule has 0 aliphatic carbocycles. The summed E-state index contributed by atoms with van der Waals surface area (Å²) in [7, 11) is 3.13. The molecule has 0 radical (unpaired) electrons. The molecular weight excluding hydrogens is 468 g/mol. The lowest BCUT2D eigenvalue weighted by molar-refractivity contribution is -0.123. The topological polar surface area (TPSA) is 69.2 Å². The van der Waals surface area contributed by atoms with Gasteiger partial charge in [-0.2, -0.15) is 5.10 Å². The molecule has 8 heteroatoms. The largest absolute Gasteiger partial charge is 0.497 e. The minimum Gasteiger partial charge on any atom is -0.497 e. The van der Waals surface area contributed by atoms with Crippen LogP contribution in [-0.4, -0.2) is 32.9 Å². The number of amides is 1. The van der Waals surface area contributed by atoms with E-state index in [1.54, 1.807) is 32.4 Å². The van der Waals surface area contributed by atoms with Gasteiger partial charge in [-0.25, -0.2) is 5.43 Å². The van der Waals surface area contributed by atoms with Gasteiger partial charge in [0.25, 0.3) is 5.91 Å². The van der Waals surface area contributed by atoms with Crippen LogP contribution in [0.2, 0.25) is 0 Å². The van der Waals surface area contributed by atoms with Gasteiger partial charge < -0.3 is 14.2 Å². The molecule has 2 aromatic carbocycles. The highest BCUT2D eigenvalue weighted by Crippen LogP contribution is 2.34. The van der Waals surface area contributed by atoms with Crippen LogP contribution >= 0.6 is 31.9 Å². The van der Waals surface area contributed by atoms with Crippen LogP contribution in [0.15, 0.2) is 44.4 Å².